The minimum absolute atomic E-state index is 0.247. The van der Waals surface area contributed by atoms with Gasteiger partial charge in [0.15, 0.2) is 0 Å². The predicted octanol–water partition coefficient (Wildman–Crippen LogP) is 6.93. The first-order valence-corrected chi connectivity index (χ1v) is 12.4. The minimum atomic E-state index is -4.47. The van der Waals surface area contributed by atoms with Gasteiger partial charge in [-0.1, -0.05) is 29.8 Å². The second-order valence-electron chi connectivity index (χ2n) is 9.22. The van der Waals surface area contributed by atoms with Crippen molar-refractivity contribution in [3.8, 4) is 0 Å². The van der Waals surface area contributed by atoms with Crippen LogP contribution in [0.4, 0.5) is 29.5 Å². The molecule has 5 nitrogen and oxygen atoms in total. The number of urea groups is 1. The Morgan fingerprint density at radius 3 is 2.39 bits per heavy atom. The average molecular weight is 515 g/mol. The Balaban J connectivity index is 1.41. The van der Waals surface area contributed by atoms with Gasteiger partial charge in [-0.15, -0.1) is 0 Å². The van der Waals surface area contributed by atoms with Crippen molar-refractivity contribution in [1.82, 2.24) is 9.88 Å². The molecule has 2 amide bonds. The van der Waals surface area contributed by atoms with E-state index in [2.05, 4.69) is 9.88 Å². The average Bonchev–Trinajstić information content (AvgIpc) is 3.21. The smallest absolute Gasteiger partial charge is 0.357 e. The zero-order chi connectivity index (χ0) is 25.3. The van der Waals surface area contributed by atoms with Gasteiger partial charge in [0.25, 0.3) is 0 Å². The summed E-state index contributed by atoms with van der Waals surface area (Å²) in [5.41, 5.74) is 1.13. The fourth-order valence-electron chi connectivity index (χ4n) is 4.90. The fourth-order valence-corrected chi connectivity index (χ4v) is 5.02. The van der Waals surface area contributed by atoms with Crippen molar-refractivity contribution in [2.45, 2.75) is 38.0 Å². The fraction of sp³-hybridized carbons (Fsp3) is 0.333. The molecule has 1 aromatic heterocycles. The van der Waals surface area contributed by atoms with Crippen LogP contribution in [0.5, 0.6) is 0 Å². The molecule has 3 heterocycles. The maximum absolute atomic E-state index is 13.5. The maximum Gasteiger partial charge on any atom is 0.416 e. The van der Waals surface area contributed by atoms with Gasteiger partial charge in [-0.05, 0) is 72.9 Å². The SMILES string of the molecule is O=C1N(Cc2ccc(N3CCCCC3)nc2)C[C@H](c2cccc(C(F)(F)F)c2)N1c1ccc(Cl)cc1. The molecule has 2 aromatic carbocycles. The molecule has 2 saturated heterocycles. The molecule has 0 saturated carbocycles. The molecule has 3 aromatic rings. The zero-order valence-corrected chi connectivity index (χ0v) is 20.3. The van der Waals surface area contributed by atoms with E-state index in [4.69, 9.17) is 11.6 Å². The molecule has 188 valence electrons. The minimum Gasteiger partial charge on any atom is -0.357 e. The Kier molecular flexibility index (Phi) is 6.79. The topological polar surface area (TPSA) is 39.7 Å². The Labute approximate surface area is 213 Å². The van der Waals surface area contributed by atoms with E-state index in [1.165, 1.54) is 12.5 Å². The number of rotatable bonds is 5. The van der Waals surface area contributed by atoms with Crippen LogP contribution < -0.4 is 9.80 Å². The van der Waals surface area contributed by atoms with E-state index < -0.39 is 17.8 Å². The Morgan fingerprint density at radius 2 is 1.72 bits per heavy atom. The van der Waals surface area contributed by atoms with Crippen molar-refractivity contribution in [3.63, 3.8) is 0 Å². The molecular formula is C27H26ClF3N4O. The highest BCUT2D eigenvalue weighted by Gasteiger charge is 2.40. The quantitative estimate of drug-likeness (QED) is 0.371. The Hall–Kier alpha value is -3.26. The van der Waals surface area contributed by atoms with Crippen molar-refractivity contribution in [1.29, 1.82) is 0 Å². The first kappa shape index (κ1) is 24.4. The van der Waals surface area contributed by atoms with Gasteiger partial charge >= 0.3 is 12.2 Å². The molecule has 9 heteroatoms. The molecule has 5 rings (SSSR count). The second kappa shape index (κ2) is 10.0. The summed E-state index contributed by atoms with van der Waals surface area (Å²) >= 11 is 6.03. The first-order chi connectivity index (χ1) is 17.3. The molecule has 2 aliphatic heterocycles. The lowest BCUT2D eigenvalue weighted by atomic mass is 10.0. The van der Waals surface area contributed by atoms with Gasteiger partial charge in [0.2, 0.25) is 0 Å². The van der Waals surface area contributed by atoms with Crippen LogP contribution in [-0.4, -0.2) is 35.5 Å². The highest BCUT2D eigenvalue weighted by molar-refractivity contribution is 6.30. The number of nitrogens with zero attached hydrogens (tertiary/aromatic N) is 4. The molecule has 0 bridgehead atoms. The zero-order valence-electron chi connectivity index (χ0n) is 19.6. The summed E-state index contributed by atoms with van der Waals surface area (Å²) in [5, 5.41) is 0.512. The van der Waals surface area contributed by atoms with Crippen LogP contribution in [0, 0.1) is 0 Å². The van der Waals surface area contributed by atoms with Gasteiger partial charge in [0.1, 0.15) is 5.82 Å². The van der Waals surface area contributed by atoms with E-state index in [1.54, 1.807) is 46.3 Å². The van der Waals surface area contributed by atoms with Crippen molar-refractivity contribution < 1.29 is 18.0 Å². The number of hydrogen-bond donors (Lipinski definition) is 0. The lowest BCUT2D eigenvalue weighted by molar-refractivity contribution is -0.137. The van der Waals surface area contributed by atoms with Gasteiger partial charge in [0, 0.05) is 43.1 Å². The molecule has 0 spiro atoms. The first-order valence-electron chi connectivity index (χ1n) is 12.0. The van der Waals surface area contributed by atoms with Crippen molar-refractivity contribution in [2.75, 3.05) is 29.4 Å². The summed E-state index contributed by atoms with van der Waals surface area (Å²) in [5.74, 6) is 0.927. The van der Waals surface area contributed by atoms with Gasteiger partial charge in [-0.2, -0.15) is 13.2 Å². The molecular weight excluding hydrogens is 489 g/mol. The number of benzene rings is 2. The van der Waals surface area contributed by atoms with Crippen molar-refractivity contribution in [2.24, 2.45) is 0 Å². The molecule has 2 aliphatic rings. The van der Waals surface area contributed by atoms with Crippen LogP contribution in [0.3, 0.4) is 0 Å². The second-order valence-corrected chi connectivity index (χ2v) is 9.66. The number of anilines is 2. The number of pyridine rings is 1. The molecule has 1 atom stereocenters. The third-order valence-corrected chi connectivity index (χ3v) is 7.00. The molecule has 0 aliphatic carbocycles. The summed E-state index contributed by atoms with van der Waals surface area (Å²) < 4.78 is 40.2. The standard InChI is InChI=1S/C27H26ClF3N4O/c28-22-8-10-23(11-9-22)35-24(20-5-4-6-21(15-20)27(29,30)31)18-34(26(35)36)17-19-7-12-25(32-16-19)33-13-2-1-3-14-33/h4-12,15-16,24H,1-3,13-14,17-18H2/t24-/m1/s1. The van der Waals surface area contributed by atoms with Crippen molar-refractivity contribution >= 4 is 29.1 Å². The molecule has 0 radical (unpaired) electrons. The number of aromatic nitrogens is 1. The van der Waals surface area contributed by atoms with Gasteiger partial charge in [0.05, 0.1) is 11.6 Å². The highest BCUT2D eigenvalue weighted by atomic mass is 35.5. The lowest BCUT2D eigenvalue weighted by Gasteiger charge is -2.27. The Morgan fingerprint density at radius 1 is 0.972 bits per heavy atom. The van der Waals surface area contributed by atoms with Crippen LogP contribution in [-0.2, 0) is 12.7 Å². The normalized spacial score (nSPS) is 18.7. The molecule has 2 fully saturated rings. The number of halogens is 4. The van der Waals surface area contributed by atoms with Gasteiger partial charge in [-0.3, -0.25) is 4.90 Å². The third kappa shape index (κ3) is 5.14. The van der Waals surface area contributed by atoms with E-state index in [0.29, 0.717) is 22.8 Å². The number of alkyl halides is 3. The van der Waals surface area contributed by atoms with E-state index in [1.807, 2.05) is 12.1 Å². The summed E-state index contributed by atoms with van der Waals surface area (Å²) in [4.78, 5) is 23.6. The largest absolute Gasteiger partial charge is 0.416 e. The molecule has 0 unspecified atom stereocenters. The molecule has 0 N–H and O–H groups in total. The van der Waals surface area contributed by atoms with Crippen LogP contribution in [0.2, 0.25) is 5.02 Å². The van der Waals surface area contributed by atoms with Crippen LogP contribution >= 0.6 is 11.6 Å². The summed E-state index contributed by atoms with van der Waals surface area (Å²) in [6.45, 7) is 2.54. The number of carbonyl (C=O) groups is 1. The van der Waals surface area contributed by atoms with Gasteiger partial charge in [-0.25, -0.2) is 9.78 Å². The molecule has 36 heavy (non-hydrogen) atoms. The number of hydrogen-bond acceptors (Lipinski definition) is 3. The number of piperidine rings is 1. The van der Waals surface area contributed by atoms with Crippen molar-refractivity contribution in [3.05, 3.63) is 88.6 Å². The van der Waals surface area contributed by atoms with Gasteiger partial charge < -0.3 is 9.80 Å². The monoisotopic (exact) mass is 514 g/mol. The Bertz CT molecular complexity index is 1210. The lowest BCUT2D eigenvalue weighted by Crippen LogP contribution is -2.32. The van der Waals surface area contributed by atoms with Crippen LogP contribution in [0.1, 0.15) is 42.0 Å². The van der Waals surface area contributed by atoms with E-state index in [9.17, 15) is 18.0 Å². The summed E-state index contributed by atoms with van der Waals surface area (Å²) in [7, 11) is 0. The predicted molar refractivity (Wildman–Crippen MR) is 134 cm³/mol. The van der Waals surface area contributed by atoms with Crippen LogP contribution in [0.25, 0.3) is 0 Å². The number of amides is 2. The third-order valence-electron chi connectivity index (χ3n) is 6.75. The van der Waals surface area contributed by atoms with Crippen LogP contribution in [0.15, 0.2) is 66.9 Å². The summed E-state index contributed by atoms with van der Waals surface area (Å²) in [6.07, 6.45) is 0.863. The van der Waals surface area contributed by atoms with E-state index in [-0.39, 0.29) is 12.6 Å². The highest BCUT2D eigenvalue weighted by Crippen LogP contribution is 2.38. The summed E-state index contributed by atoms with van der Waals surface area (Å²) in [6, 6.07) is 15.0. The number of carbonyl (C=O) groups excluding carboxylic acids is 1. The van der Waals surface area contributed by atoms with E-state index in [0.717, 1.165) is 49.4 Å². The van der Waals surface area contributed by atoms with E-state index >= 15 is 0 Å². The maximum atomic E-state index is 13.5.